The second kappa shape index (κ2) is 1.67. The third-order valence-corrected chi connectivity index (χ3v) is 1.72. The fraction of sp³-hybridized carbons (Fsp3) is 1.00. The topological polar surface area (TPSA) is 40.5 Å². The molecule has 0 aromatic carbocycles. The van der Waals surface area contributed by atoms with Gasteiger partial charge in [-0.15, -0.1) is 0 Å². The number of aliphatic hydroxyl groups is 2. The molecule has 2 nitrogen and oxygen atoms in total. The van der Waals surface area contributed by atoms with E-state index in [4.69, 9.17) is 10.2 Å². The molecular formula is C5H9FO2. The molecule has 1 aliphatic rings. The molecule has 0 amide bonds. The van der Waals surface area contributed by atoms with E-state index in [2.05, 4.69) is 0 Å². The lowest BCUT2D eigenvalue weighted by atomic mass is 10.1. The standard InChI is InChI=1S/C5H9FO2/c6-4-1-5(4,2-7)3-8/h4,7-8H,1-3H2. The van der Waals surface area contributed by atoms with Gasteiger partial charge in [0, 0.05) is 0 Å². The fourth-order valence-corrected chi connectivity index (χ4v) is 0.675. The van der Waals surface area contributed by atoms with Crippen LogP contribution in [0.4, 0.5) is 4.39 Å². The summed E-state index contributed by atoms with van der Waals surface area (Å²) in [5, 5.41) is 16.9. The van der Waals surface area contributed by atoms with Crippen molar-refractivity contribution in [3.8, 4) is 0 Å². The van der Waals surface area contributed by atoms with Crippen LogP contribution >= 0.6 is 0 Å². The van der Waals surface area contributed by atoms with Crippen molar-refractivity contribution in [2.24, 2.45) is 5.41 Å². The highest BCUT2D eigenvalue weighted by molar-refractivity contribution is 5.02. The zero-order valence-corrected chi connectivity index (χ0v) is 4.47. The van der Waals surface area contributed by atoms with E-state index in [1.54, 1.807) is 0 Å². The summed E-state index contributed by atoms with van der Waals surface area (Å²) < 4.78 is 12.1. The van der Waals surface area contributed by atoms with Crippen LogP contribution in [0.25, 0.3) is 0 Å². The van der Waals surface area contributed by atoms with E-state index in [1.165, 1.54) is 0 Å². The predicted octanol–water partition coefficient (Wildman–Crippen LogP) is -0.301. The largest absolute Gasteiger partial charge is 0.396 e. The van der Waals surface area contributed by atoms with E-state index < -0.39 is 11.6 Å². The molecule has 8 heavy (non-hydrogen) atoms. The summed E-state index contributed by atoms with van der Waals surface area (Å²) in [5.74, 6) is 0. The predicted molar refractivity (Wildman–Crippen MR) is 26.1 cm³/mol. The van der Waals surface area contributed by atoms with Gasteiger partial charge in [0.05, 0.1) is 18.6 Å². The minimum atomic E-state index is -0.975. The van der Waals surface area contributed by atoms with Crippen molar-refractivity contribution in [1.29, 1.82) is 0 Å². The second-order valence-corrected chi connectivity index (χ2v) is 2.35. The van der Waals surface area contributed by atoms with Crippen molar-refractivity contribution in [3.63, 3.8) is 0 Å². The van der Waals surface area contributed by atoms with Gasteiger partial charge in [0.2, 0.25) is 0 Å². The van der Waals surface area contributed by atoms with Crippen molar-refractivity contribution in [2.45, 2.75) is 12.6 Å². The van der Waals surface area contributed by atoms with Crippen LogP contribution in [0.1, 0.15) is 6.42 Å². The van der Waals surface area contributed by atoms with Crippen LogP contribution in [-0.4, -0.2) is 29.6 Å². The quantitative estimate of drug-likeness (QED) is 0.525. The summed E-state index contributed by atoms with van der Waals surface area (Å²) in [6.45, 7) is -0.463. The van der Waals surface area contributed by atoms with E-state index in [9.17, 15) is 4.39 Å². The first-order chi connectivity index (χ1) is 3.75. The number of aliphatic hydroxyl groups excluding tert-OH is 2. The summed E-state index contributed by atoms with van der Waals surface area (Å²) in [6.07, 6.45) is -0.655. The van der Waals surface area contributed by atoms with Crippen LogP contribution in [0, 0.1) is 5.41 Å². The first kappa shape index (κ1) is 5.98. The van der Waals surface area contributed by atoms with Crippen LogP contribution in [0.3, 0.4) is 0 Å². The molecule has 1 aliphatic carbocycles. The smallest absolute Gasteiger partial charge is 0.111 e. The molecule has 0 heterocycles. The summed E-state index contributed by atoms with van der Waals surface area (Å²) in [7, 11) is 0. The fourth-order valence-electron chi connectivity index (χ4n) is 0.675. The molecule has 0 spiro atoms. The molecule has 0 radical (unpaired) electrons. The van der Waals surface area contributed by atoms with Gasteiger partial charge >= 0.3 is 0 Å². The Balaban J connectivity index is 2.39. The van der Waals surface area contributed by atoms with Gasteiger partial charge in [-0.25, -0.2) is 4.39 Å². The minimum Gasteiger partial charge on any atom is -0.396 e. The van der Waals surface area contributed by atoms with Gasteiger partial charge in [-0.3, -0.25) is 0 Å². The molecule has 0 aliphatic heterocycles. The van der Waals surface area contributed by atoms with Crippen molar-refractivity contribution in [1.82, 2.24) is 0 Å². The van der Waals surface area contributed by atoms with E-state index in [-0.39, 0.29) is 13.2 Å². The highest BCUT2D eigenvalue weighted by Crippen LogP contribution is 2.47. The average Bonchev–Trinajstić information content (AvgIpc) is 2.43. The second-order valence-electron chi connectivity index (χ2n) is 2.35. The maximum atomic E-state index is 12.1. The van der Waals surface area contributed by atoms with E-state index in [1.807, 2.05) is 0 Å². The van der Waals surface area contributed by atoms with E-state index >= 15 is 0 Å². The molecule has 0 bridgehead atoms. The Morgan fingerprint density at radius 2 is 1.88 bits per heavy atom. The number of halogens is 1. The molecular weight excluding hydrogens is 111 g/mol. The van der Waals surface area contributed by atoms with Crippen LogP contribution in [0.5, 0.6) is 0 Å². The molecule has 0 saturated heterocycles. The molecule has 0 aromatic rings. The third kappa shape index (κ3) is 0.624. The Kier molecular flexibility index (Phi) is 1.25. The number of hydrogen-bond acceptors (Lipinski definition) is 2. The van der Waals surface area contributed by atoms with Crippen molar-refractivity contribution >= 4 is 0 Å². The van der Waals surface area contributed by atoms with E-state index in [0.29, 0.717) is 6.42 Å². The van der Waals surface area contributed by atoms with Crippen LogP contribution in [0.15, 0.2) is 0 Å². The monoisotopic (exact) mass is 120 g/mol. The Hall–Kier alpha value is -0.150. The maximum absolute atomic E-state index is 12.1. The molecule has 1 atom stereocenters. The van der Waals surface area contributed by atoms with Gasteiger partial charge < -0.3 is 10.2 Å². The van der Waals surface area contributed by atoms with Gasteiger partial charge in [0.1, 0.15) is 6.17 Å². The molecule has 0 aromatic heterocycles. The van der Waals surface area contributed by atoms with Crippen molar-refractivity contribution in [2.75, 3.05) is 13.2 Å². The normalized spacial score (nSPS) is 32.6. The van der Waals surface area contributed by atoms with Crippen LogP contribution in [0.2, 0.25) is 0 Å². The maximum Gasteiger partial charge on any atom is 0.111 e. The zero-order chi connectivity index (χ0) is 6.20. The SMILES string of the molecule is OCC1(CO)CC1F. The van der Waals surface area contributed by atoms with Gasteiger partial charge in [-0.05, 0) is 6.42 Å². The Morgan fingerprint density at radius 3 is 1.88 bits per heavy atom. The Morgan fingerprint density at radius 1 is 1.50 bits per heavy atom. The lowest BCUT2D eigenvalue weighted by Gasteiger charge is -2.03. The first-order valence-corrected chi connectivity index (χ1v) is 2.61. The summed E-state index contributed by atoms with van der Waals surface area (Å²) in [4.78, 5) is 0. The summed E-state index contributed by atoms with van der Waals surface area (Å²) >= 11 is 0. The van der Waals surface area contributed by atoms with Gasteiger partial charge in [-0.2, -0.15) is 0 Å². The minimum absolute atomic E-state index is 0.231. The number of rotatable bonds is 2. The van der Waals surface area contributed by atoms with Crippen LogP contribution < -0.4 is 0 Å². The third-order valence-electron chi connectivity index (χ3n) is 1.72. The Labute approximate surface area is 46.9 Å². The highest BCUT2D eigenvalue weighted by atomic mass is 19.1. The van der Waals surface area contributed by atoms with Crippen molar-refractivity contribution < 1.29 is 14.6 Å². The lowest BCUT2D eigenvalue weighted by Crippen LogP contribution is -2.14. The van der Waals surface area contributed by atoms with Gasteiger partial charge in [0.25, 0.3) is 0 Å². The van der Waals surface area contributed by atoms with Gasteiger partial charge in [-0.1, -0.05) is 0 Å². The first-order valence-electron chi connectivity index (χ1n) is 2.61. The zero-order valence-electron chi connectivity index (χ0n) is 4.47. The van der Waals surface area contributed by atoms with Crippen LogP contribution in [-0.2, 0) is 0 Å². The molecule has 1 rings (SSSR count). The molecule has 1 fully saturated rings. The summed E-state index contributed by atoms with van der Waals surface area (Å²) in [6, 6.07) is 0. The number of alkyl halides is 1. The summed E-state index contributed by atoms with van der Waals surface area (Å²) in [5.41, 5.74) is -0.764. The van der Waals surface area contributed by atoms with Gasteiger partial charge in [0.15, 0.2) is 0 Å². The molecule has 2 N–H and O–H groups in total. The average molecular weight is 120 g/mol. The van der Waals surface area contributed by atoms with E-state index in [0.717, 1.165) is 0 Å². The lowest BCUT2D eigenvalue weighted by molar-refractivity contribution is 0.113. The molecule has 1 saturated carbocycles. The molecule has 3 heteroatoms. The molecule has 48 valence electrons. The highest BCUT2D eigenvalue weighted by Gasteiger charge is 2.54. The Bertz CT molecular complexity index is 84.9. The van der Waals surface area contributed by atoms with Crippen molar-refractivity contribution in [3.05, 3.63) is 0 Å². The molecule has 1 unspecified atom stereocenters. The number of hydrogen-bond donors (Lipinski definition) is 2.